The van der Waals surface area contributed by atoms with E-state index in [0.717, 1.165) is 10.8 Å². The van der Waals surface area contributed by atoms with Gasteiger partial charge < -0.3 is 14.8 Å². The van der Waals surface area contributed by atoms with Gasteiger partial charge in [-0.15, -0.1) is 0 Å². The van der Waals surface area contributed by atoms with Crippen LogP contribution in [0.15, 0.2) is 15.8 Å². The lowest BCUT2D eigenvalue weighted by atomic mass is 10.2. The summed E-state index contributed by atoms with van der Waals surface area (Å²) < 4.78 is 40.2. The molecule has 1 aromatic rings. The average molecular weight is 419 g/mol. The summed E-state index contributed by atoms with van der Waals surface area (Å²) in [7, 11) is -3.81. The van der Waals surface area contributed by atoms with Gasteiger partial charge in [-0.25, -0.2) is 9.59 Å². The molecule has 0 aliphatic carbocycles. The summed E-state index contributed by atoms with van der Waals surface area (Å²) in [4.78, 5) is 37.6. The first-order valence-electron chi connectivity index (χ1n) is 8.58. The number of hydrogen-bond donors (Lipinski definition) is 2. The molecule has 2 N–H and O–H groups in total. The number of aromatic amines is 1. The number of aromatic nitrogens is 2. The second-order valence-corrected chi connectivity index (χ2v) is 9.17. The van der Waals surface area contributed by atoms with Gasteiger partial charge in [0.05, 0.1) is 6.26 Å². The molecular weight excluding hydrogens is 394 g/mol. The molecule has 2 heterocycles. The van der Waals surface area contributed by atoms with Crippen molar-refractivity contribution in [2.24, 2.45) is 0 Å². The molecule has 0 saturated carbocycles. The Morgan fingerprint density at radius 1 is 1.39 bits per heavy atom. The van der Waals surface area contributed by atoms with Crippen LogP contribution in [0.3, 0.4) is 0 Å². The van der Waals surface area contributed by atoms with Crippen molar-refractivity contribution in [2.75, 3.05) is 12.8 Å². The van der Waals surface area contributed by atoms with Crippen LogP contribution in [0.25, 0.3) is 0 Å². The maximum atomic E-state index is 12.1. The highest BCUT2D eigenvalue weighted by Gasteiger charge is 2.40. The van der Waals surface area contributed by atoms with Crippen LogP contribution in [-0.2, 0) is 23.8 Å². The van der Waals surface area contributed by atoms with Crippen LogP contribution in [0.5, 0.6) is 0 Å². The number of amides is 1. The fraction of sp³-hybridized carbons (Fsp3) is 0.688. The number of nitrogens with zero attached hydrogens (tertiary/aromatic N) is 1. The van der Waals surface area contributed by atoms with Crippen molar-refractivity contribution in [3.63, 3.8) is 0 Å². The average Bonchev–Trinajstić information content (AvgIpc) is 2.87. The minimum absolute atomic E-state index is 0.0269. The van der Waals surface area contributed by atoms with E-state index in [1.54, 1.807) is 20.8 Å². The second kappa shape index (κ2) is 8.05. The number of carbonyl (C=O) groups excluding carboxylic acids is 1. The van der Waals surface area contributed by atoms with Gasteiger partial charge in [-0.2, -0.15) is 8.42 Å². The maximum absolute atomic E-state index is 12.1. The van der Waals surface area contributed by atoms with Gasteiger partial charge in [0, 0.05) is 24.7 Å². The molecule has 1 aliphatic heterocycles. The Morgan fingerprint density at radius 3 is 2.61 bits per heavy atom. The summed E-state index contributed by atoms with van der Waals surface area (Å²) in [6.45, 7) is 6.54. The molecule has 1 fully saturated rings. The van der Waals surface area contributed by atoms with Gasteiger partial charge in [-0.05, 0) is 27.7 Å². The maximum Gasteiger partial charge on any atom is 0.407 e. The molecule has 3 unspecified atom stereocenters. The summed E-state index contributed by atoms with van der Waals surface area (Å²) in [6.07, 6.45) is -1.11. The van der Waals surface area contributed by atoms with Crippen molar-refractivity contribution in [1.29, 1.82) is 0 Å². The topological polar surface area (TPSA) is 146 Å². The molecule has 1 aliphatic rings. The third-order valence-corrected chi connectivity index (χ3v) is 4.38. The quantitative estimate of drug-likeness (QED) is 0.634. The summed E-state index contributed by atoms with van der Waals surface area (Å²) in [5.41, 5.74) is -1.63. The minimum atomic E-state index is -3.81. The lowest BCUT2D eigenvalue weighted by molar-refractivity contribution is -0.0169. The first-order chi connectivity index (χ1) is 12.7. The molecule has 28 heavy (non-hydrogen) atoms. The third kappa shape index (κ3) is 6.17. The van der Waals surface area contributed by atoms with E-state index in [9.17, 15) is 22.8 Å². The fourth-order valence-corrected chi connectivity index (χ4v) is 3.33. The Labute approximate surface area is 162 Å². The first kappa shape index (κ1) is 22.1. The highest BCUT2D eigenvalue weighted by Crippen LogP contribution is 2.30. The predicted molar refractivity (Wildman–Crippen MR) is 98.5 cm³/mol. The smallest absolute Gasteiger partial charge is 0.407 e. The Hall–Kier alpha value is -2.18. The highest BCUT2D eigenvalue weighted by atomic mass is 32.2. The molecule has 3 atom stereocenters. The molecule has 0 bridgehead atoms. The zero-order valence-corrected chi connectivity index (χ0v) is 17.2. The van der Waals surface area contributed by atoms with Crippen LogP contribution in [0.1, 0.15) is 39.0 Å². The van der Waals surface area contributed by atoms with Crippen LogP contribution in [-0.4, -0.2) is 54.7 Å². The number of rotatable bonds is 5. The SMILES string of the molecule is Cc1cn(C2CC(OS(C)(=O)=O)C(CNC(=O)OC(C)(C)C)O2)c(=O)[nH]c1=O. The first-order valence-corrected chi connectivity index (χ1v) is 10.4. The lowest BCUT2D eigenvalue weighted by Gasteiger charge is -2.22. The van der Waals surface area contributed by atoms with Crippen LogP contribution < -0.4 is 16.6 Å². The number of aryl methyl sites for hydroxylation is 1. The Balaban J connectivity index is 2.18. The van der Waals surface area contributed by atoms with Crippen molar-refractivity contribution in [3.8, 4) is 0 Å². The molecule has 1 saturated heterocycles. The zero-order chi connectivity index (χ0) is 21.3. The van der Waals surface area contributed by atoms with E-state index in [1.165, 1.54) is 13.1 Å². The number of nitrogens with one attached hydrogen (secondary N) is 2. The van der Waals surface area contributed by atoms with Crippen molar-refractivity contribution in [1.82, 2.24) is 14.9 Å². The number of H-pyrrole nitrogens is 1. The van der Waals surface area contributed by atoms with E-state index >= 15 is 0 Å². The van der Waals surface area contributed by atoms with E-state index in [1.807, 2.05) is 0 Å². The fourth-order valence-electron chi connectivity index (χ4n) is 2.68. The van der Waals surface area contributed by atoms with Gasteiger partial charge >= 0.3 is 11.8 Å². The molecule has 0 spiro atoms. The number of hydrogen-bond acceptors (Lipinski definition) is 8. The summed E-state index contributed by atoms with van der Waals surface area (Å²) in [5, 5.41) is 2.50. The Kier molecular flexibility index (Phi) is 6.36. The second-order valence-electron chi connectivity index (χ2n) is 7.57. The van der Waals surface area contributed by atoms with Crippen molar-refractivity contribution in [3.05, 3.63) is 32.6 Å². The van der Waals surface area contributed by atoms with Crippen molar-refractivity contribution in [2.45, 2.75) is 58.2 Å². The molecule has 11 nitrogen and oxygen atoms in total. The van der Waals surface area contributed by atoms with Gasteiger partial charge in [0.1, 0.15) is 24.0 Å². The van der Waals surface area contributed by atoms with Gasteiger partial charge in [0.15, 0.2) is 0 Å². The van der Waals surface area contributed by atoms with Crippen molar-refractivity contribution < 1.29 is 26.9 Å². The van der Waals surface area contributed by atoms with Gasteiger partial charge in [-0.1, -0.05) is 0 Å². The Morgan fingerprint density at radius 2 is 2.04 bits per heavy atom. The largest absolute Gasteiger partial charge is 0.444 e. The van der Waals surface area contributed by atoms with Crippen LogP contribution in [0.2, 0.25) is 0 Å². The standard InChI is InChI=1S/C16H25N3O8S/c1-9-8-19(14(21)18-13(9)20)12-6-10(27-28(5,23)24)11(25-12)7-17-15(22)26-16(2,3)4/h8,10-12H,6-7H2,1-5H3,(H,17,22)(H,18,20,21). The predicted octanol–water partition coefficient (Wildman–Crippen LogP) is 0.00202. The highest BCUT2D eigenvalue weighted by molar-refractivity contribution is 7.86. The van der Waals surface area contributed by atoms with Crippen LogP contribution in [0, 0.1) is 6.92 Å². The molecule has 1 aromatic heterocycles. The van der Waals surface area contributed by atoms with Crippen molar-refractivity contribution >= 4 is 16.2 Å². The van der Waals surface area contributed by atoms with Gasteiger partial charge in [0.25, 0.3) is 15.7 Å². The third-order valence-electron chi connectivity index (χ3n) is 3.78. The molecule has 0 aromatic carbocycles. The van der Waals surface area contributed by atoms with Gasteiger partial charge in [-0.3, -0.25) is 18.5 Å². The van der Waals surface area contributed by atoms with E-state index in [0.29, 0.717) is 5.56 Å². The molecule has 12 heteroatoms. The van der Waals surface area contributed by atoms with E-state index in [4.69, 9.17) is 13.7 Å². The molecule has 2 rings (SSSR count). The number of alkyl carbamates (subject to hydrolysis) is 1. The lowest BCUT2D eigenvalue weighted by Crippen LogP contribution is -2.41. The van der Waals surface area contributed by atoms with E-state index in [-0.39, 0.29) is 13.0 Å². The summed E-state index contributed by atoms with van der Waals surface area (Å²) >= 11 is 0. The molecule has 158 valence electrons. The Bertz CT molecular complexity index is 944. The molecule has 0 radical (unpaired) electrons. The monoisotopic (exact) mass is 419 g/mol. The minimum Gasteiger partial charge on any atom is -0.444 e. The van der Waals surface area contributed by atoms with Crippen LogP contribution >= 0.6 is 0 Å². The molecular formula is C16H25N3O8S. The summed E-state index contributed by atoms with van der Waals surface area (Å²) in [6, 6.07) is 0. The van der Waals surface area contributed by atoms with E-state index in [2.05, 4.69) is 10.3 Å². The number of carbonyl (C=O) groups is 1. The zero-order valence-electron chi connectivity index (χ0n) is 16.3. The number of ether oxygens (including phenoxy) is 2. The van der Waals surface area contributed by atoms with Crippen LogP contribution in [0.4, 0.5) is 4.79 Å². The molecule has 1 amide bonds. The van der Waals surface area contributed by atoms with E-state index < -0.39 is 51.5 Å². The summed E-state index contributed by atoms with van der Waals surface area (Å²) in [5.74, 6) is 0. The normalized spacial score (nSPS) is 22.8. The van der Waals surface area contributed by atoms with Gasteiger partial charge in [0.2, 0.25) is 0 Å².